The van der Waals surface area contributed by atoms with Gasteiger partial charge in [-0.15, -0.1) is 0 Å². The highest BCUT2D eigenvalue weighted by atomic mass is 19.1. The molecule has 2 amide bonds. The zero-order chi connectivity index (χ0) is 25.8. The molecule has 35 heavy (non-hydrogen) atoms. The van der Waals surface area contributed by atoms with Crippen molar-refractivity contribution in [3.05, 3.63) is 71.3 Å². The molecule has 1 aliphatic rings. The van der Waals surface area contributed by atoms with E-state index in [9.17, 15) is 13.6 Å². The van der Waals surface area contributed by atoms with E-state index >= 15 is 0 Å². The number of allylic oxidation sites excluding steroid dienone is 4. The Bertz CT molecular complexity index is 1080. The normalized spacial score (nSPS) is 15.1. The molecule has 0 fully saturated rings. The first-order valence-electron chi connectivity index (χ1n) is 12.1. The number of benzene rings is 1. The van der Waals surface area contributed by atoms with Crippen LogP contribution in [0.2, 0.25) is 0 Å². The molecule has 2 aromatic rings. The standard InChI is InChI=1S/C27H37F2N5O/c1-27(2,3)24(34(15-9-14-30)26(35)32(4)5)25-31-23(21-16-20(28)12-13-22(21)29)18-33(25)17-19-10-7-6-8-11-19/h6-8,10-11,16,18,24H,9,12-15,17,30H2,1-5H3/t24-/m0/s1. The van der Waals surface area contributed by atoms with E-state index in [1.165, 1.54) is 6.08 Å². The Morgan fingerprint density at radius 2 is 1.86 bits per heavy atom. The zero-order valence-electron chi connectivity index (χ0n) is 21.4. The van der Waals surface area contributed by atoms with Crippen molar-refractivity contribution in [3.8, 4) is 0 Å². The molecule has 8 heteroatoms. The summed E-state index contributed by atoms with van der Waals surface area (Å²) in [6.45, 7) is 7.54. The predicted octanol–water partition coefficient (Wildman–Crippen LogP) is 5.68. The van der Waals surface area contributed by atoms with Crippen LogP contribution >= 0.6 is 0 Å². The van der Waals surface area contributed by atoms with Crippen LogP contribution in [0.25, 0.3) is 5.57 Å². The maximum Gasteiger partial charge on any atom is 0.320 e. The Kier molecular flexibility index (Phi) is 8.48. The molecule has 0 spiro atoms. The maximum atomic E-state index is 14.8. The molecule has 1 atom stereocenters. The number of nitrogens with zero attached hydrogens (tertiary/aromatic N) is 4. The van der Waals surface area contributed by atoms with Gasteiger partial charge in [0.25, 0.3) is 0 Å². The number of hydrogen-bond acceptors (Lipinski definition) is 3. The van der Waals surface area contributed by atoms with Gasteiger partial charge in [0, 0.05) is 51.8 Å². The van der Waals surface area contributed by atoms with E-state index in [1.807, 2.05) is 34.9 Å². The van der Waals surface area contributed by atoms with E-state index in [1.54, 1.807) is 30.1 Å². The Morgan fingerprint density at radius 1 is 1.17 bits per heavy atom. The summed E-state index contributed by atoms with van der Waals surface area (Å²) in [6.07, 6.45) is 3.71. The number of aromatic nitrogens is 2. The molecule has 0 saturated carbocycles. The largest absolute Gasteiger partial charge is 0.331 e. The Morgan fingerprint density at radius 3 is 2.46 bits per heavy atom. The van der Waals surface area contributed by atoms with Gasteiger partial charge in [0.15, 0.2) is 0 Å². The third kappa shape index (κ3) is 6.36. The van der Waals surface area contributed by atoms with Gasteiger partial charge in [-0.1, -0.05) is 51.1 Å². The van der Waals surface area contributed by atoms with Gasteiger partial charge in [0.2, 0.25) is 0 Å². The molecule has 2 N–H and O–H groups in total. The van der Waals surface area contributed by atoms with Gasteiger partial charge in [-0.3, -0.25) is 0 Å². The van der Waals surface area contributed by atoms with Gasteiger partial charge in [-0.2, -0.15) is 0 Å². The van der Waals surface area contributed by atoms with Gasteiger partial charge in [0.1, 0.15) is 17.5 Å². The second kappa shape index (κ2) is 11.2. The summed E-state index contributed by atoms with van der Waals surface area (Å²) in [4.78, 5) is 21.5. The number of nitrogens with two attached hydrogens (primary N) is 1. The van der Waals surface area contributed by atoms with E-state index < -0.39 is 11.5 Å². The van der Waals surface area contributed by atoms with Crippen molar-refractivity contribution in [2.45, 2.75) is 52.6 Å². The highest BCUT2D eigenvalue weighted by molar-refractivity contribution is 5.76. The van der Waals surface area contributed by atoms with Crippen molar-refractivity contribution in [1.29, 1.82) is 0 Å². The number of amides is 2. The molecule has 6 nitrogen and oxygen atoms in total. The first-order valence-corrected chi connectivity index (χ1v) is 12.1. The minimum Gasteiger partial charge on any atom is -0.331 e. The van der Waals surface area contributed by atoms with Crippen molar-refractivity contribution in [1.82, 2.24) is 19.4 Å². The maximum absolute atomic E-state index is 14.8. The molecule has 1 aromatic carbocycles. The van der Waals surface area contributed by atoms with Crippen molar-refractivity contribution < 1.29 is 13.6 Å². The lowest BCUT2D eigenvalue weighted by atomic mass is 9.84. The summed E-state index contributed by atoms with van der Waals surface area (Å²) in [7, 11) is 3.43. The topological polar surface area (TPSA) is 67.4 Å². The number of imidazole rings is 1. The van der Waals surface area contributed by atoms with Gasteiger partial charge >= 0.3 is 6.03 Å². The van der Waals surface area contributed by atoms with Gasteiger partial charge in [-0.05, 0) is 30.0 Å². The van der Waals surface area contributed by atoms with Gasteiger partial charge in [0.05, 0.1) is 11.7 Å². The molecule has 0 aliphatic heterocycles. The van der Waals surface area contributed by atoms with Crippen molar-refractivity contribution in [2.24, 2.45) is 11.1 Å². The second-order valence-corrected chi connectivity index (χ2v) is 10.3. The molecule has 0 radical (unpaired) electrons. The fourth-order valence-electron chi connectivity index (χ4n) is 4.42. The second-order valence-electron chi connectivity index (χ2n) is 10.3. The number of halogens is 2. The van der Waals surface area contributed by atoms with Crippen LogP contribution < -0.4 is 5.73 Å². The molecule has 0 bridgehead atoms. The molecule has 190 valence electrons. The van der Waals surface area contributed by atoms with E-state index in [0.717, 1.165) is 5.56 Å². The van der Waals surface area contributed by atoms with E-state index in [0.29, 0.717) is 37.6 Å². The number of hydrogen-bond donors (Lipinski definition) is 1. The van der Waals surface area contributed by atoms with Crippen molar-refractivity contribution in [3.63, 3.8) is 0 Å². The molecule has 0 saturated heterocycles. The Hall–Kier alpha value is -3.00. The molecular weight excluding hydrogens is 448 g/mol. The van der Waals surface area contributed by atoms with Crippen LogP contribution in [0.5, 0.6) is 0 Å². The summed E-state index contributed by atoms with van der Waals surface area (Å²) in [5.41, 5.74) is 6.97. The lowest BCUT2D eigenvalue weighted by molar-refractivity contribution is 0.0923. The molecule has 0 unspecified atom stereocenters. The van der Waals surface area contributed by atoms with Crippen LogP contribution in [0.15, 0.2) is 54.3 Å². The fraction of sp³-hybridized carbons (Fsp3) is 0.481. The summed E-state index contributed by atoms with van der Waals surface area (Å²) in [5, 5.41) is 0. The first kappa shape index (κ1) is 26.6. The van der Waals surface area contributed by atoms with E-state index in [-0.39, 0.29) is 36.1 Å². The molecule has 1 aliphatic carbocycles. The van der Waals surface area contributed by atoms with Crippen LogP contribution in [0, 0.1) is 5.41 Å². The third-order valence-corrected chi connectivity index (χ3v) is 6.06. The predicted molar refractivity (Wildman–Crippen MR) is 136 cm³/mol. The Balaban J connectivity index is 2.20. The molecule has 1 aromatic heterocycles. The average Bonchev–Trinajstić information content (AvgIpc) is 3.19. The molecule has 1 heterocycles. The summed E-state index contributed by atoms with van der Waals surface area (Å²) >= 11 is 0. The average molecular weight is 486 g/mol. The van der Waals surface area contributed by atoms with Crippen LogP contribution in [-0.4, -0.2) is 52.6 Å². The van der Waals surface area contributed by atoms with Crippen LogP contribution in [0.4, 0.5) is 13.6 Å². The number of carbonyl (C=O) groups excluding carboxylic acids is 1. The number of urea groups is 1. The summed E-state index contributed by atoms with van der Waals surface area (Å²) in [6, 6.07) is 9.30. The van der Waals surface area contributed by atoms with Gasteiger partial charge < -0.3 is 20.1 Å². The summed E-state index contributed by atoms with van der Waals surface area (Å²) in [5.74, 6) is -0.109. The minimum atomic E-state index is -0.428. The lowest BCUT2D eigenvalue weighted by Gasteiger charge is -2.41. The zero-order valence-corrected chi connectivity index (χ0v) is 21.4. The monoisotopic (exact) mass is 485 g/mol. The smallest absolute Gasteiger partial charge is 0.320 e. The van der Waals surface area contributed by atoms with Crippen LogP contribution in [0.1, 0.15) is 63.2 Å². The molecule has 3 rings (SSSR count). The van der Waals surface area contributed by atoms with Crippen LogP contribution in [-0.2, 0) is 6.54 Å². The highest BCUT2D eigenvalue weighted by Gasteiger charge is 2.39. The number of rotatable bonds is 8. The van der Waals surface area contributed by atoms with Crippen LogP contribution in [0.3, 0.4) is 0 Å². The lowest BCUT2D eigenvalue weighted by Crippen LogP contribution is -2.47. The van der Waals surface area contributed by atoms with E-state index in [2.05, 4.69) is 20.8 Å². The van der Waals surface area contributed by atoms with E-state index in [4.69, 9.17) is 10.7 Å². The van der Waals surface area contributed by atoms with Crippen molar-refractivity contribution >= 4 is 11.6 Å². The Labute approximate surface area is 207 Å². The quantitative estimate of drug-likeness (QED) is 0.523. The number of carbonyl (C=O) groups is 1. The fourth-order valence-corrected chi connectivity index (χ4v) is 4.42. The first-order chi connectivity index (χ1) is 16.5. The highest BCUT2D eigenvalue weighted by Crippen LogP contribution is 2.40. The summed E-state index contributed by atoms with van der Waals surface area (Å²) < 4.78 is 30.9. The van der Waals surface area contributed by atoms with Gasteiger partial charge in [-0.25, -0.2) is 18.6 Å². The third-order valence-electron chi connectivity index (χ3n) is 6.06. The minimum absolute atomic E-state index is 0.0169. The SMILES string of the molecule is CN(C)C(=O)N(CCCN)[C@@H](c1nc(C2=C(F)CCC(F)=C2)cn1Cc1ccccc1)C(C)(C)C. The van der Waals surface area contributed by atoms with Crippen molar-refractivity contribution in [2.75, 3.05) is 27.2 Å². The molecular formula is C27H37F2N5O.